The molecule has 0 spiro atoms. The lowest BCUT2D eigenvalue weighted by atomic mass is 10.0. The Balaban J connectivity index is 2.94. The molecule has 4 atom stereocenters. The van der Waals surface area contributed by atoms with Crippen molar-refractivity contribution in [2.24, 2.45) is 17.6 Å². The summed E-state index contributed by atoms with van der Waals surface area (Å²) in [6.07, 6.45) is 2.97. The predicted molar refractivity (Wildman–Crippen MR) is 145 cm³/mol. The smallest absolute Gasteiger partial charge is 0.326 e. The number of carboxylic acids is 1. The summed E-state index contributed by atoms with van der Waals surface area (Å²) in [4.78, 5) is 50.6. The van der Waals surface area contributed by atoms with Crippen LogP contribution >= 0.6 is 11.8 Å². The van der Waals surface area contributed by atoms with Gasteiger partial charge in [-0.3, -0.25) is 14.4 Å². The standard InChI is InChI=1S/C26H42N4O6S/c1-15(2)12-21(29-23(32)19(27)14-17-6-8-18(31)9-7-17)25(34)28-20(10-11-37-5)24(33)30-22(26(35)36)13-16(3)4/h6-9,15-16,19-22,31H,10-14,27H2,1-5H3,(H,28,34)(H,29,32)(H,30,33)(H,35,36). The van der Waals surface area contributed by atoms with Crippen LogP contribution in [-0.2, 0) is 25.6 Å². The van der Waals surface area contributed by atoms with Gasteiger partial charge < -0.3 is 31.9 Å². The fourth-order valence-corrected chi connectivity index (χ4v) is 4.17. The maximum Gasteiger partial charge on any atom is 0.326 e. The lowest BCUT2D eigenvalue weighted by molar-refractivity contribution is -0.142. The van der Waals surface area contributed by atoms with Gasteiger partial charge in [0.2, 0.25) is 17.7 Å². The molecule has 7 N–H and O–H groups in total. The highest BCUT2D eigenvalue weighted by Crippen LogP contribution is 2.12. The van der Waals surface area contributed by atoms with E-state index in [-0.39, 0.29) is 30.4 Å². The molecule has 1 rings (SSSR count). The van der Waals surface area contributed by atoms with E-state index in [1.54, 1.807) is 12.1 Å². The van der Waals surface area contributed by atoms with Crippen molar-refractivity contribution in [1.82, 2.24) is 16.0 Å². The fourth-order valence-electron chi connectivity index (χ4n) is 3.70. The lowest BCUT2D eigenvalue weighted by Gasteiger charge is -2.26. The van der Waals surface area contributed by atoms with E-state index in [1.807, 2.05) is 34.0 Å². The Morgan fingerprint density at radius 1 is 0.838 bits per heavy atom. The molecule has 0 aliphatic rings. The monoisotopic (exact) mass is 538 g/mol. The number of hydrogen-bond acceptors (Lipinski definition) is 7. The molecule has 37 heavy (non-hydrogen) atoms. The summed E-state index contributed by atoms with van der Waals surface area (Å²) in [5.74, 6) is -1.97. The third kappa shape index (κ3) is 12.3. The summed E-state index contributed by atoms with van der Waals surface area (Å²) in [5, 5.41) is 26.9. The van der Waals surface area contributed by atoms with E-state index >= 15 is 0 Å². The third-order valence-corrected chi connectivity index (χ3v) is 6.28. The first-order chi connectivity index (χ1) is 17.3. The van der Waals surface area contributed by atoms with Crippen molar-refractivity contribution in [3.63, 3.8) is 0 Å². The number of amides is 3. The second-order valence-electron chi connectivity index (χ2n) is 10.0. The molecular formula is C26H42N4O6S. The van der Waals surface area contributed by atoms with Crippen LogP contribution in [0.2, 0.25) is 0 Å². The van der Waals surface area contributed by atoms with Gasteiger partial charge in [-0.2, -0.15) is 11.8 Å². The number of aromatic hydroxyl groups is 1. The van der Waals surface area contributed by atoms with Crippen LogP contribution in [0, 0.1) is 11.8 Å². The maximum atomic E-state index is 13.2. The van der Waals surface area contributed by atoms with Crippen molar-refractivity contribution in [3.8, 4) is 5.75 Å². The van der Waals surface area contributed by atoms with E-state index in [9.17, 15) is 29.4 Å². The quantitative estimate of drug-likeness (QED) is 0.184. The number of benzene rings is 1. The van der Waals surface area contributed by atoms with E-state index in [0.29, 0.717) is 18.6 Å². The Morgan fingerprint density at radius 3 is 1.84 bits per heavy atom. The highest BCUT2D eigenvalue weighted by Gasteiger charge is 2.30. The molecule has 1 aromatic carbocycles. The molecule has 0 fully saturated rings. The Labute approximate surface area is 223 Å². The topological polar surface area (TPSA) is 171 Å². The van der Waals surface area contributed by atoms with Crippen molar-refractivity contribution in [2.75, 3.05) is 12.0 Å². The zero-order chi connectivity index (χ0) is 28.1. The number of aliphatic carboxylic acids is 1. The molecule has 10 nitrogen and oxygen atoms in total. The first kappa shape index (κ1) is 32.2. The summed E-state index contributed by atoms with van der Waals surface area (Å²) in [7, 11) is 0. The summed E-state index contributed by atoms with van der Waals surface area (Å²) in [6.45, 7) is 7.54. The first-order valence-electron chi connectivity index (χ1n) is 12.5. The average Bonchev–Trinajstić information content (AvgIpc) is 2.81. The van der Waals surface area contributed by atoms with Gasteiger partial charge in [-0.1, -0.05) is 39.8 Å². The van der Waals surface area contributed by atoms with Crippen LogP contribution in [0.3, 0.4) is 0 Å². The molecule has 0 heterocycles. The number of carbonyl (C=O) groups is 4. The molecule has 11 heteroatoms. The summed E-state index contributed by atoms with van der Waals surface area (Å²) < 4.78 is 0. The molecule has 208 valence electrons. The number of phenols is 1. The average molecular weight is 539 g/mol. The number of nitrogens with one attached hydrogen (secondary N) is 3. The van der Waals surface area contributed by atoms with Gasteiger partial charge in [0.25, 0.3) is 0 Å². The van der Waals surface area contributed by atoms with E-state index < -0.39 is 47.9 Å². The molecule has 4 unspecified atom stereocenters. The number of carbonyl (C=O) groups excluding carboxylic acids is 3. The number of rotatable bonds is 16. The van der Waals surface area contributed by atoms with Crippen LogP contribution in [0.15, 0.2) is 24.3 Å². The highest BCUT2D eigenvalue weighted by molar-refractivity contribution is 7.98. The zero-order valence-corrected chi connectivity index (χ0v) is 23.1. The summed E-state index contributed by atoms with van der Waals surface area (Å²) >= 11 is 1.50. The minimum absolute atomic E-state index is 0.0528. The van der Waals surface area contributed by atoms with Gasteiger partial charge >= 0.3 is 5.97 Å². The van der Waals surface area contributed by atoms with Crippen molar-refractivity contribution >= 4 is 35.5 Å². The van der Waals surface area contributed by atoms with Crippen LogP contribution in [0.4, 0.5) is 0 Å². The number of thioether (sulfide) groups is 1. The van der Waals surface area contributed by atoms with Crippen LogP contribution in [0.1, 0.15) is 52.5 Å². The third-order valence-electron chi connectivity index (χ3n) is 5.63. The maximum absolute atomic E-state index is 13.2. The van der Waals surface area contributed by atoms with Crippen LogP contribution in [0.25, 0.3) is 0 Å². The first-order valence-corrected chi connectivity index (χ1v) is 13.9. The highest BCUT2D eigenvalue weighted by atomic mass is 32.2. The van der Waals surface area contributed by atoms with Gasteiger partial charge in [0.15, 0.2) is 0 Å². The second kappa shape index (κ2) is 16.1. The minimum Gasteiger partial charge on any atom is -0.508 e. The van der Waals surface area contributed by atoms with Gasteiger partial charge in [-0.25, -0.2) is 4.79 Å². The fraction of sp³-hybridized carbons (Fsp3) is 0.615. The zero-order valence-electron chi connectivity index (χ0n) is 22.3. The molecule has 0 aromatic heterocycles. The number of carboxylic acid groups (broad SMARTS) is 1. The van der Waals surface area contributed by atoms with E-state index in [2.05, 4.69) is 16.0 Å². The second-order valence-corrected chi connectivity index (χ2v) is 11.0. The van der Waals surface area contributed by atoms with Crippen LogP contribution < -0.4 is 21.7 Å². The van der Waals surface area contributed by atoms with Gasteiger partial charge in [0.05, 0.1) is 6.04 Å². The van der Waals surface area contributed by atoms with Crippen LogP contribution in [-0.4, -0.2) is 70.1 Å². The Kier molecular flexibility index (Phi) is 14.1. The molecule has 3 amide bonds. The largest absolute Gasteiger partial charge is 0.508 e. The molecule has 1 aromatic rings. The molecule has 0 aliphatic heterocycles. The van der Waals surface area contributed by atoms with Gasteiger partial charge in [-0.15, -0.1) is 0 Å². The normalized spacial score (nSPS) is 14.5. The van der Waals surface area contributed by atoms with Crippen molar-refractivity contribution in [3.05, 3.63) is 29.8 Å². The minimum atomic E-state index is -1.13. The number of phenolic OH excluding ortho intramolecular Hbond substituents is 1. The lowest BCUT2D eigenvalue weighted by Crippen LogP contribution is -2.57. The van der Waals surface area contributed by atoms with Gasteiger partial charge in [0, 0.05) is 0 Å². The molecule has 0 aliphatic carbocycles. The predicted octanol–water partition coefficient (Wildman–Crippen LogP) is 1.65. The Morgan fingerprint density at radius 2 is 1.32 bits per heavy atom. The van der Waals surface area contributed by atoms with E-state index in [0.717, 1.165) is 5.56 Å². The molecule has 0 bridgehead atoms. The van der Waals surface area contributed by atoms with Crippen LogP contribution in [0.5, 0.6) is 5.75 Å². The Bertz CT molecular complexity index is 894. The van der Waals surface area contributed by atoms with Gasteiger partial charge in [0.1, 0.15) is 23.9 Å². The molecular weight excluding hydrogens is 496 g/mol. The number of hydrogen-bond donors (Lipinski definition) is 6. The molecule has 0 saturated heterocycles. The van der Waals surface area contributed by atoms with Crippen molar-refractivity contribution < 1.29 is 29.4 Å². The van der Waals surface area contributed by atoms with E-state index in [1.165, 1.54) is 23.9 Å². The molecule has 0 saturated carbocycles. The van der Waals surface area contributed by atoms with E-state index in [4.69, 9.17) is 5.73 Å². The van der Waals surface area contributed by atoms with Crippen molar-refractivity contribution in [1.29, 1.82) is 0 Å². The summed E-state index contributed by atoms with van der Waals surface area (Å²) in [6, 6.07) is 2.48. The number of nitrogens with two attached hydrogens (primary N) is 1. The Hall–Kier alpha value is -2.79. The van der Waals surface area contributed by atoms with Gasteiger partial charge in [-0.05, 0) is 67.2 Å². The molecule has 0 radical (unpaired) electrons. The summed E-state index contributed by atoms with van der Waals surface area (Å²) in [5.41, 5.74) is 6.83. The SMILES string of the molecule is CSCCC(NC(=O)C(CC(C)C)NC(=O)C(N)Cc1ccc(O)cc1)C(=O)NC(CC(C)C)C(=O)O. The van der Waals surface area contributed by atoms with Crippen molar-refractivity contribution in [2.45, 2.75) is 77.5 Å².